The third kappa shape index (κ3) is 2.82. The van der Waals surface area contributed by atoms with Crippen LogP contribution in [0.25, 0.3) is 0 Å². The van der Waals surface area contributed by atoms with Gasteiger partial charge in [-0.1, -0.05) is 17.7 Å². The summed E-state index contributed by atoms with van der Waals surface area (Å²) in [5.74, 6) is 0. The summed E-state index contributed by atoms with van der Waals surface area (Å²) in [6, 6.07) is 6.97. The first-order valence-electron chi connectivity index (χ1n) is 7.51. The van der Waals surface area contributed by atoms with Gasteiger partial charge in [0, 0.05) is 22.8 Å². The van der Waals surface area contributed by atoms with Gasteiger partial charge in [-0.3, -0.25) is 0 Å². The van der Waals surface area contributed by atoms with E-state index in [4.69, 9.17) is 0 Å². The summed E-state index contributed by atoms with van der Waals surface area (Å²) in [4.78, 5) is 3.13. The van der Waals surface area contributed by atoms with Gasteiger partial charge in [0.15, 0.2) is 0 Å². The average molecular weight is 285 g/mol. The molecule has 1 aromatic heterocycles. The molecule has 0 spiro atoms. The SMILES string of the molecule is Cc1cc(C)c(CNCc2cc3c(s2)CCC3)c(C)c1. The molecule has 2 aromatic rings. The highest BCUT2D eigenvalue weighted by Crippen LogP contribution is 2.30. The summed E-state index contributed by atoms with van der Waals surface area (Å²) >= 11 is 2.01. The number of fused-ring (bicyclic) bond motifs is 1. The Morgan fingerprint density at radius 2 is 1.75 bits per heavy atom. The lowest BCUT2D eigenvalue weighted by Gasteiger charge is -2.12. The molecule has 0 fully saturated rings. The van der Waals surface area contributed by atoms with Gasteiger partial charge < -0.3 is 5.32 Å². The number of nitrogens with one attached hydrogen (secondary N) is 1. The second-order valence-corrected chi connectivity index (χ2v) is 7.22. The van der Waals surface area contributed by atoms with Gasteiger partial charge in [-0.15, -0.1) is 11.3 Å². The van der Waals surface area contributed by atoms with Gasteiger partial charge in [-0.05, 0) is 68.4 Å². The van der Waals surface area contributed by atoms with Crippen molar-refractivity contribution < 1.29 is 0 Å². The van der Waals surface area contributed by atoms with Gasteiger partial charge in [0.1, 0.15) is 0 Å². The van der Waals surface area contributed by atoms with E-state index < -0.39 is 0 Å². The minimum atomic E-state index is 0.973. The Hall–Kier alpha value is -1.12. The van der Waals surface area contributed by atoms with E-state index in [2.05, 4.69) is 44.3 Å². The zero-order valence-corrected chi connectivity index (χ0v) is 13.5. The Kier molecular flexibility index (Phi) is 3.95. The lowest BCUT2D eigenvalue weighted by atomic mass is 10.00. The Morgan fingerprint density at radius 3 is 2.45 bits per heavy atom. The van der Waals surface area contributed by atoms with E-state index in [1.165, 1.54) is 46.4 Å². The van der Waals surface area contributed by atoms with Gasteiger partial charge >= 0.3 is 0 Å². The number of rotatable bonds is 4. The molecule has 0 saturated carbocycles. The van der Waals surface area contributed by atoms with Crippen molar-refractivity contribution >= 4 is 11.3 Å². The number of thiophene rings is 1. The van der Waals surface area contributed by atoms with Gasteiger partial charge in [-0.25, -0.2) is 0 Å². The van der Waals surface area contributed by atoms with Gasteiger partial charge in [0.25, 0.3) is 0 Å². The summed E-state index contributed by atoms with van der Waals surface area (Å²) < 4.78 is 0. The Morgan fingerprint density at radius 1 is 1.00 bits per heavy atom. The fourth-order valence-corrected chi connectivity index (χ4v) is 4.51. The third-order valence-electron chi connectivity index (χ3n) is 4.24. The zero-order chi connectivity index (χ0) is 14.1. The minimum absolute atomic E-state index is 0.973. The number of hydrogen-bond acceptors (Lipinski definition) is 2. The molecule has 1 N–H and O–H groups in total. The number of hydrogen-bond donors (Lipinski definition) is 1. The highest BCUT2D eigenvalue weighted by atomic mass is 32.1. The Labute approximate surface area is 126 Å². The van der Waals surface area contributed by atoms with E-state index in [1.54, 1.807) is 10.4 Å². The zero-order valence-electron chi connectivity index (χ0n) is 12.7. The summed E-state index contributed by atoms with van der Waals surface area (Å²) in [6.07, 6.45) is 3.95. The van der Waals surface area contributed by atoms with Crippen LogP contribution < -0.4 is 5.32 Å². The van der Waals surface area contributed by atoms with Crippen LogP contribution in [-0.2, 0) is 25.9 Å². The molecule has 1 nitrogen and oxygen atoms in total. The van der Waals surface area contributed by atoms with Crippen LogP contribution in [0.1, 0.15) is 44.0 Å². The quantitative estimate of drug-likeness (QED) is 0.875. The molecule has 1 heterocycles. The summed E-state index contributed by atoms with van der Waals surface area (Å²) in [7, 11) is 0. The predicted octanol–water partition coefficient (Wildman–Crippen LogP) is 4.45. The molecule has 0 radical (unpaired) electrons. The lowest BCUT2D eigenvalue weighted by Crippen LogP contribution is -2.14. The number of aryl methyl sites for hydroxylation is 5. The fourth-order valence-electron chi connectivity index (χ4n) is 3.28. The van der Waals surface area contributed by atoms with E-state index >= 15 is 0 Å². The van der Waals surface area contributed by atoms with Gasteiger partial charge in [0.05, 0.1) is 0 Å². The molecule has 2 heteroatoms. The topological polar surface area (TPSA) is 12.0 Å². The molecule has 0 amide bonds. The number of benzene rings is 1. The second kappa shape index (κ2) is 5.71. The first kappa shape index (κ1) is 13.8. The average Bonchev–Trinajstić information content (AvgIpc) is 2.92. The fraction of sp³-hybridized carbons (Fsp3) is 0.444. The molecule has 0 unspecified atom stereocenters. The van der Waals surface area contributed by atoms with Crippen molar-refractivity contribution in [3.05, 3.63) is 55.8 Å². The van der Waals surface area contributed by atoms with E-state index in [0.29, 0.717) is 0 Å². The molecular formula is C18H23NS. The smallest absolute Gasteiger partial charge is 0.0303 e. The van der Waals surface area contributed by atoms with Crippen molar-refractivity contribution in [1.29, 1.82) is 0 Å². The van der Waals surface area contributed by atoms with Crippen molar-refractivity contribution in [3.63, 3.8) is 0 Å². The lowest BCUT2D eigenvalue weighted by molar-refractivity contribution is 0.694. The molecule has 20 heavy (non-hydrogen) atoms. The third-order valence-corrected chi connectivity index (χ3v) is 5.48. The Bertz CT molecular complexity index is 580. The van der Waals surface area contributed by atoms with E-state index in [1.807, 2.05) is 11.3 Å². The largest absolute Gasteiger partial charge is 0.308 e. The van der Waals surface area contributed by atoms with Gasteiger partial charge in [0.2, 0.25) is 0 Å². The summed E-state index contributed by atoms with van der Waals surface area (Å²) in [5, 5.41) is 3.62. The molecule has 0 bridgehead atoms. The molecule has 0 saturated heterocycles. The molecule has 1 aliphatic carbocycles. The molecule has 0 aliphatic heterocycles. The molecule has 1 aliphatic rings. The maximum absolute atomic E-state index is 3.62. The van der Waals surface area contributed by atoms with Crippen LogP contribution in [0.4, 0.5) is 0 Å². The summed E-state index contributed by atoms with van der Waals surface area (Å²) in [6.45, 7) is 8.59. The van der Waals surface area contributed by atoms with Crippen LogP contribution in [-0.4, -0.2) is 0 Å². The van der Waals surface area contributed by atoms with Crippen LogP contribution >= 0.6 is 11.3 Å². The monoisotopic (exact) mass is 285 g/mol. The molecular weight excluding hydrogens is 262 g/mol. The van der Waals surface area contributed by atoms with Crippen LogP contribution in [0.15, 0.2) is 18.2 Å². The van der Waals surface area contributed by atoms with Crippen molar-refractivity contribution in [3.8, 4) is 0 Å². The highest BCUT2D eigenvalue weighted by Gasteiger charge is 2.14. The maximum Gasteiger partial charge on any atom is 0.0303 e. The first-order valence-corrected chi connectivity index (χ1v) is 8.33. The van der Waals surface area contributed by atoms with E-state index in [0.717, 1.165) is 13.1 Å². The predicted molar refractivity (Wildman–Crippen MR) is 87.5 cm³/mol. The van der Waals surface area contributed by atoms with Crippen molar-refractivity contribution in [2.45, 2.75) is 53.1 Å². The van der Waals surface area contributed by atoms with Crippen molar-refractivity contribution in [2.75, 3.05) is 0 Å². The minimum Gasteiger partial charge on any atom is -0.308 e. The maximum atomic E-state index is 3.62. The van der Waals surface area contributed by atoms with Crippen molar-refractivity contribution in [2.24, 2.45) is 0 Å². The standard InChI is InChI=1S/C18H23NS/c1-12-7-13(2)17(14(3)8-12)11-19-10-16-9-15-5-4-6-18(15)20-16/h7-9,19H,4-6,10-11H2,1-3H3. The van der Waals surface area contributed by atoms with E-state index in [-0.39, 0.29) is 0 Å². The first-order chi connectivity index (χ1) is 9.63. The molecule has 0 atom stereocenters. The summed E-state index contributed by atoms with van der Waals surface area (Å²) in [5.41, 5.74) is 7.24. The molecule has 106 valence electrons. The van der Waals surface area contributed by atoms with Gasteiger partial charge in [-0.2, -0.15) is 0 Å². The van der Waals surface area contributed by atoms with Crippen molar-refractivity contribution in [1.82, 2.24) is 5.32 Å². The molecule has 1 aromatic carbocycles. The van der Waals surface area contributed by atoms with Crippen LogP contribution in [0.2, 0.25) is 0 Å². The normalized spacial score (nSPS) is 13.8. The molecule has 3 rings (SSSR count). The van der Waals surface area contributed by atoms with E-state index in [9.17, 15) is 0 Å². The highest BCUT2D eigenvalue weighted by molar-refractivity contribution is 7.12. The van der Waals surface area contributed by atoms with Crippen LogP contribution in [0.3, 0.4) is 0 Å². The Balaban J connectivity index is 1.62. The van der Waals surface area contributed by atoms with Crippen LogP contribution in [0.5, 0.6) is 0 Å². The van der Waals surface area contributed by atoms with Crippen LogP contribution in [0, 0.1) is 20.8 Å². The second-order valence-electron chi connectivity index (χ2n) is 6.00.